The second-order valence-corrected chi connectivity index (χ2v) is 6.98. The van der Waals surface area contributed by atoms with Gasteiger partial charge in [-0.3, -0.25) is 0 Å². The van der Waals surface area contributed by atoms with Crippen molar-refractivity contribution in [2.24, 2.45) is 5.92 Å². The Morgan fingerprint density at radius 2 is 1.81 bits per heavy atom. The Kier molecular flexibility index (Phi) is 4.20. The highest BCUT2D eigenvalue weighted by molar-refractivity contribution is 5.44. The van der Waals surface area contributed by atoms with Gasteiger partial charge in [0.1, 0.15) is 11.5 Å². The van der Waals surface area contributed by atoms with Crippen molar-refractivity contribution in [1.29, 1.82) is 0 Å². The number of aryl methyl sites for hydroxylation is 1. The maximum atomic E-state index is 13.0. The molecule has 5 nitrogen and oxygen atoms in total. The lowest BCUT2D eigenvalue weighted by atomic mass is 9.92. The second kappa shape index (κ2) is 6.41. The molecule has 2 aromatic heterocycles. The van der Waals surface area contributed by atoms with E-state index in [0.717, 1.165) is 37.6 Å². The SMILES string of the molecule is Cc1cnc(N2CCC3CCN(c4cccc(C(F)(F)F)n4)CC32)nc1. The van der Waals surface area contributed by atoms with Crippen LogP contribution in [0.2, 0.25) is 0 Å². The van der Waals surface area contributed by atoms with Gasteiger partial charge in [-0.05, 0) is 43.4 Å². The standard InChI is InChI=1S/C18H20F3N5/c1-12-9-22-17(23-10-12)26-8-6-13-5-7-25(11-14(13)26)16-4-2-3-15(24-16)18(19,20)21/h2-4,9-10,13-14H,5-8,11H2,1H3. The minimum Gasteiger partial charge on any atom is -0.355 e. The second-order valence-electron chi connectivity index (χ2n) is 6.98. The first-order valence-electron chi connectivity index (χ1n) is 8.76. The van der Waals surface area contributed by atoms with Crippen molar-refractivity contribution in [3.8, 4) is 0 Å². The van der Waals surface area contributed by atoms with Gasteiger partial charge in [0.15, 0.2) is 0 Å². The fraction of sp³-hybridized carbons (Fsp3) is 0.500. The van der Waals surface area contributed by atoms with E-state index in [4.69, 9.17) is 0 Å². The average Bonchev–Trinajstić information content (AvgIpc) is 3.05. The third-order valence-corrected chi connectivity index (χ3v) is 5.24. The first-order valence-corrected chi connectivity index (χ1v) is 8.76. The fourth-order valence-corrected chi connectivity index (χ4v) is 3.89. The topological polar surface area (TPSA) is 45.2 Å². The summed E-state index contributed by atoms with van der Waals surface area (Å²) >= 11 is 0. The summed E-state index contributed by atoms with van der Waals surface area (Å²) in [5, 5.41) is 0. The number of nitrogens with zero attached hydrogens (tertiary/aromatic N) is 5. The van der Waals surface area contributed by atoms with Gasteiger partial charge in [-0.15, -0.1) is 0 Å². The van der Waals surface area contributed by atoms with Crippen LogP contribution < -0.4 is 9.80 Å². The van der Waals surface area contributed by atoms with Crippen LogP contribution in [0.4, 0.5) is 24.9 Å². The van der Waals surface area contributed by atoms with Gasteiger partial charge in [-0.25, -0.2) is 15.0 Å². The Balaban J connectivity index is 1.56. The summed E-state index contributed by atoms with van der Waals surface area (Å²) in [6.45, 7) is 4.18. The summed E-state index contributed by atoms with van der Waals surface area (Å²) < 4.78 is 38.9. The summed E-state index contributed by atoms with van der Waals surface area (Å²) in [6, 6.07) is 4.28. The van der Waals surface area contributed by atoms with Crippen LogP contribution in [0, 0.1) is 12.8 Å². The highest BCUT2D eigenvalue weighted by Gasteiger charge is 2.40. The van der Waals surface area contributed by atoms with Crippen LogP contribution in [0.15, 0.2) is 30.6 Å². The molecule has 2 atom stereocenters. The maximum absolute atomic E-state index is 13.0. The molecule has 4 heterocycles. The number of halogens is 3. The van der Waals surface area contributed by atoms with Crippen molar-refractivity contribution in [2.45, 2.75) is 32.0 Å². The average molecular weight is 363 g/mol. The molecule has 0 aliphatic carbocycles. The van der Waals surface area contributed by atoms with Crippen molar-refractivity contribution in [3.63, 3.8) is 0 Å². The van der Waals surface area contributed by atoms with E-state index in [1.807, 2.05) is 11.8 Å². The zero-order chi connectivity index (χ0) is 18.3. The molecule has 2 aromatic rings. The van der Waals surface area contributed by atoms with Crippen molar-refractivity contribution < 1.29 is 13.2 Å². The monoisotopic (exact) mass is 363 g/mol. The molecule has 0 N–H and O–H groups in total. The Hall–Kier alpha value is -2.38. The summed E-state index contributed by atoms with van der Waals surface area (Å²) in [5.74, 6) is 1.60. The van der Waals surface area contributed by atoms with Crippen LogP contribution in [-0.2, 0) is 6.18 Å². The first-order chi connectivity index (χ1) is 12.4. The summed E-state index contributed by atoms with van der Waals surface area (Å²) in [6.07, 6.45) is 1.16. The molecule has 0 bridgehead atoms. The van der Waals surface area contributed by atoms with Crippen LogP contribution in [0.5, 0.6) is 0 Å². The molecule has 2 fully saturated rings. The Bertz CT molecular complexity index is 777. The Morgan fingerprint density at radius 3 is 2.54 bits per heavy atom. The number of pyridine rings is 1. The molecule has 0 spiro atoms. The molecule has 8 heteroatoms. The molecule has 0 radical (unpaired) electrons. The normalized spacial score (nSPS) is 23.2. The summed E-state index contributed by atoms with van der Waals surface area (Å²) in [4.78, 5) is 16.8. The molecule has 2 aliphatic heterocycles. The molecule has 0 saturated carbocycles. The minimum absolute atomic E-state index is 0.197. The maximum Gasteiger partial charge on any atom is 0.433 e. The predicted molar refractivity (Wildman–Crippen MR) is 92.1 cm³/mol. The highest BCUT2D eigenvalue weighted by Crippen LogP contribution is 2.35. The number of hydrogen-bond donors (Lipinski definition) is 0. The molecular formula is C18H20F3N5. The van der Waals surface area contributed by atoms with Gasteiger partial charge in [-0.2, -0.15) is 13.2 Å². The van der Waals surface area contributed by atoms with Crippen molar-refractivity contribution in [2.75, 3.05) is 29.4 Å². The predicted octanol–water partition coefficient (Wildman–Crippen LogP) is 3.30. The van der Waals surface area contributed by atoms with Crippen molar-refractivity contribution >= 4 is 11.8 Å². The van der Waals surface area contributed by atoms with Gasteiger partial charge >= 0.3 is 6.18 Å². The number of anilines is 2. The molecule has 26 heavy (non-hydrogen) atoms. The summed E-state index contributed by atoms with van der Waals surface area (Å²) in [7, 11) is 0. The van der Waals surface area contributed by atoms with E-state index in [2.05, 4.69) is 19.9 Å². The minimum atomic E-state index is -4.43. The molecule has 0 aromatic carbocycles. The van der Waals surface area contributed by atoms with E-state index in [0.29, 0.717) is 24.2 Å². The van der Waals surface area contributed by atoms with Crippen LogP contribution in [0.1, 0.15) is 24.1 Å². The third-order valence-electron chi connectivity index (χ3n) is 5.24. The van der Waals surface area contributed by atoms with Gasteiger partial charge in [0.05, 0.1) is 6.04 Å². The lowest BCUT2D eigenvalue weighted by Crippen LogP contribution is -2.49. The number of piperidine rings is 1. The molecule has 0 amide bonds. The third kappa shape index (κ3) is 3.20. The number of hydrogen-bond acceptors (Lipinski definition) is 5. The largest absolute Gasteiger partial charge is 0.433 e. The van der Waals surface area contributed by atoms with Crippen molar-refractivity contribution in [1.82, 2.24) is 15.0 Å². The Labute approximate surface area is 149 Å². The zero-order valence-corrected chi connectivity index (χ0v) is 14.4. The number of alkyl halides is 3. The molecule has 2 saturated heterocycles. The fourth-order valence-electron chi connectivity index (χ4n) is 3.89. The molecular weight excluding hydrogens is 343 g/mol. The quantitative estimate of drug-likeness (QED) is 0.819. The molecule has 4 rings (SSSR count). The molecule has 2 unspecified atom stereocenters. The number of aromatic nitrogens is 3. The van der Waals surface area contributed by atoms with Crippen LogP contribution in [0.25, 0.3) is 0 Å². The van der Waals surface area contributed by atoms with Gasteiger partial charge in [0, 0.05) is 32.0 Å². The van der Waals surface area contributed by atoms with Crippen LogP contribution in [-0.4, -0.2) is 40.6 Å². The van der Waals surface area contributed by atoms with E-state index in [1.165, 1.54) is 6.07 Å². The van der Waals surface area contributed by atoms with E-state index < -0.39 is 11.9 Å². The Morgan fingerprint density at radius 1 is 1.08 bits per heavy atom. The van der Waals surface area contributed by atoms with E-state index in [1.54, 1.807) is 18.5 Å². The zero-order valence-electron chi connectivity index (χ0n) is 14.4. The first kappa shape index (κ1) is 17.1. The smallest absolute Gasteiger partial charge is 0.355 e. The van der Waals surface area contributed by atoms with E-state index >= 15 is 0 Å². The highest BCUT2D eigenvalue weighted by atomic mass is 19.4. The van der Waals surface area contributed by atoms with E-state index in [9.17, 15) is 13.2 Å². The molecule has 138 valence electrons. The summed E-state index contributed by atoms with van der Waals surface area (Å²) in [5.41, 5.74) is 0.158. The van der Waals surface area contributed by atoms with Crippen LogP contribution in [0.3, 0.4) is 0 Å². The van der Waals surface area contributed by atoms with Crippen LogP contribution >= 0.6 is 0 Å². The van der Waals surface area contributed by atoms with E-state index in [-0.39, 0.29) is 6.04 Å². The van der Waals surface area contributed by atoms with Gasteiger partial charge in [0.2, 0.25) is 5.95 Å². The lowest BCUT2D eigenvalue weighted by Gasteiger charge is -2.39. The molecule has 2 aliphatic rings. The lowest BCUT2D eigenvalue weighted by molar-refractivity contribution is -0.141. The number of fused-ring (bicyclic) bond motifs is 1. The van der Waals surface area contributed by atoms with Gasteiger partial charge in [0.25, 0.3) is 0 Å². The van der Waals surface area contributed by atoms with Gasteiger partial charge < -0.3 is 9.80 Å². The van der Waals surface area contributed by atoms with Crippen molar-refractivity contribution in [3.05, 3.63) is 41.9 Å². The van der Waals surface area contributed by atoms with Gasteiger partial charge in [-0.1, -0.05) is 6.07 Å². The number of rotatable bonds is 2.